The first-order valence-corrected chi connectivity index (χ1v) is 7.45. The number of likely N-dealkylation sites (tertiary alicyclic amines) is 1. The standard InChI is InChI=1S/C15H24N2O2/c1-16-11-15(19-10-14(16)18)7-8-17(12-15)9-13-5-3-2-4-6-13/h5H,2-4,6-12H2,1H3/t15-/m0/s1. The van der Waals surface area contributed by atoms with E-state index in [1.165, 1.54) is 25.7 Å². The highest BCUT2D eigenvalue weighted by Crippen LogP contribution is 2.30. The van der Waals surface area contributed by atoms with Crippen molar-refractivity contribution in [3.63, 3.8) is 0 Å². The van der Waals surface area contributed by atoms with Gasteiger partial charge in [0.05, 0.1) is 6.54 Å². The summed E-state index contributed by atoms with van der Waals surface area (Å²) in [6.07, 6.45) is 8.69. The Bertz CT molecular complexity index is 394. The molecule has 3 rings (SSSR count). The highest BCUT2D eigenvalue weighted by Gasteiger charge is 2.43. The molecule has 2 aliphatic heterocycles. The van der Waals surface area contributed by atoms with E-state index in [-0.39, 0.29) is 18.1 Å². The topological polar surface area (TPSA) is 32.8 Å². The van der Waals surface area contributed by atoms with Crippen LogP contribution >= 0.6 is 0 Å². The fourth-order valence-electron chi connectivity index (χ4n) is 3.54. The third-order valence-electron chi connectivity index (χ3n) is 4.66. The number of likely N-dealkylation sites (N-methyl/N-ethyl adjacent to an activating group) is 1. The van der Waals surface area contributed by atoms with Gasteiger partial charge in [0.1, 0.15) is 12.2 Å². The number of carbonyl (C=O) groups excluding carboxylic acids is 1. The average molecular weight is 264 g/mol. The van der Waals surface area contributed by atoms with Gasteiger partial charge in [-0.1, -0.05) is 11.6 Å². The van der Waals surface area contributed by atoms with Crippen LogP contribution in [0, 0.1) is 0 Å². The zero-order chi connectivity index (χ0) is 13.3. The molecule has 0 unspecified atom stereocenters. The molecule has 1 spiro atoms. The molecule has 3 aliphatic rings. The second kappa shape index (κ2) is 5.25. The highest BCUT2D eigenvalue weighted by atomic mass is 16.5. The molecule has 0 bridgehead atoms. The molecule has 0 saturated carbocycles. The highest BCUT2D eigenvalue weighted by molar-refractivity contribution is 5.78. The molecule has 0 aromatic heterocycles. The number of hydrogen-bond acceptors (Lipinski definition) is 3. The lowest BCUT2D eigenvalue weighted by Gasteiger charge is -2.38. The predicted octanol–water partition coefficient (Wildman–Crippen LogP) is 1.42. The van der Waals surface area contributed by atoms with Crippen LogP contribution in [0.3, 0.4) is 0 Å². The first-order valence-electron chi connectivity index (χ1n) is 7.45. The minimum absolute atomic E-state index is 0.0993. The molecule has 4 heteroatoms. The Morgan fingerprint density at radius 3 is 3.00 bits per heavy atom. The van der Waals surface area contributed by atoms with Crippen LogP contribution in [-0.2, 0) is 9.53 Å². The number of allylic oxidation sites excluding steroid dienone is 1. The van der Waals surface area contributed by atoms with Gasteiger partial charge >= 0.3 is 0 Å². The summed E-state index contributed by atoms with van der Waals surface area (Å²) >= 11 is 0. The summed E-state index contributed by atoms with van der Waals surface area (Å²) in [6, 6.07) is 0. The lowest BCUT2D eigenvalue weighted by Crippen LogP contribution is -2.54. The van der Waals surface area contributed by atoms with Crippen molar-refractivity contribution in [2.75, 3.05) is 39.8 Å². The van der Waals surface area contributed by atoms with Crippen molar-refractivity contribution in [3.8, 4) is 0 Å². The van der Waals surface area contributed by atoms with Crippen molar-refractivity contribution >= 4 is 5.91 Å². The van der Waals surface area contributed by atoms with Gasteiger partial charge in [0.25, 0.3) is 0 Å². The van der Waals surface area contributed by atoms with E-state index in [0.29, 0.717) is 0 Å². The Balaban J connectivity index is 1.57. The predicted molar refractivity (Wildman–Crippen MR) is 73.9 cm³/mol. The van der Waals surface area contributed by atoms with Crippen molar-refractivity contribution in [2.45, 2.75) is 37.7 Å². The maximum Gasteiger partial charge on any atom is 0.248 e. The Labute approximate surface area is 115 Å². The monoisotopic (exact) mass is 264 g/mol. The largest absolute Gasteiger partial charge is 0.362 e. The zero-order valence-electron chi connectivity index (χ0n) is 11.9. The molecule has 1 aliphatic carbocycles. The number of ether oxygens (including phenoxy) is 1. The molecule has 2 fully saturated rings. The van der Waals surface area contributed by atoms with Crippen LogP contribution in [0.2, 0.25) is 0 Å². The SMILES string of the molecule is CN1C[C@]2(CCN(CC3=CCCCC3)C2)OCC1=O. The van der Waals surface area contributed by atoms with Gasteiger partial charge in [-0.05, 0) is 32.1 Å². The maximum atomic E-state index is 11.5. The van der Waals surface area contributed by atoms with Crippen molar-refractivity contribution in [3.05, 3.63) is 11.6 Å². The number of amides is 1. The third-order valence-corrected chi connectivity index (χ3v) is 4.66. The Kier molecular flexibility index (Phi) is 3.63. The van der Waals surface area contributed by atoms with E-state index in [4.69, 9.17) is 4.74 Å². The molecule has 0 aromatic carbocycles. The van der Waals surface area contributed by atoms with Crippen LogP contribution in [0.15, 0.2) is 11.6 Å². The van der Waals surface area contributed by atoms with Gasteiger partial charge in [0, 0.05) is 26.7 Å². The summed E-state index contributed by atoms with van der Waals surface area (Å²) in [5.41, 5.74) is 1.50. The van der Waals surface area contributed by atoms with Crippen LogP contribution in [0.4, 0.5) is 0 Å². The van der Waals surface area contributed by atoms with Crippen LogP contribution in [0.25, 0.3) is 0 Å². The van der Waals surface area contributed by atoms with Crippen LogP contribution < -0.4 is 0 Å². The normalized spacial score (nSPS) is 33.0. The molecule has 2 saturated heterocycles. The van der Waals surface area contributed by atoms with E-state index in [1.807, 2.05) is 11.9 Å². The summed E-state index contributed by atoms with van der Waals surface area (Å²) in [7, 11) is 1.89. The van der Waals surface area contributed by atoms with E-state index < -0.39 is 0 Å². The summed E-state index contributed by atoms with van der Waals surface area (Å²) in [5.74, 6) is 0.110. The second-order valence-electron chi connectivity index (χ2n) is 6.29. The lowest BCUT2D eigenvalue weighted by molar-refractivity contribution is -0.159. The Hall–Kier alpha value is -0.870. The van der Waals surface area contributed by atoms with Gasteiger partial charge < -0.3 is 9.64 Å². The average Bonchev–Trinajstić information content (AvgIpc) is 2.79. The molecular formula is C15H24N2O2. The molecule has 0 radical (unpaired) electrons. The Morgan fingerprint density at radius 2 is 2.26 bits per heavy atom. The maximum absolute atomic E-state index is 11.5. The molecule has 2 heterocycles. The van der Waals surface area contributed by atoms with Gasteiger partial charge in [0.2, 0.25) is 5.91 Å². The van der Waals surface area contributed by atoms with Crippen LogP contribution in [0.1, 0.15) is 32.1 Å². The third kappa shape index (κ3) is 2.84. The molecule has 0 N–H and O–H groups in total. The summed E-state index contributed by atoms with van der Waals surface area (Å²) < 4.78 is 5.88. The molecule has 1 amide bonds. The van der Waals surface area contributed by atoms with Gasteiger partial charge in [-0.3, -0.25) is 9.69 Å². The van der Waals surface area contributed by atoms with E-state index >= 15 is 0 Å². The van der Waals surface area contributed by atoms with Crippen molar-refractivity contribution < 1.29 is 9.53 Å². The van der Waals surface area contributed by atoms with Gasteiger partial charge in [-0.2, -0.15) is 0 Å². The van der Waals surface area contributed by atoms with E-state index in [0.717, 1.165) is 32.6 Å². The van der Waals surface area contributed by atoms with Crippen molar-refractivity contribution in [1.82, 2.24) is 9.80 Å². The number of hydrogen-bond donors (Lipinski definition) is 0. The van der Waals surface area contributed by atoms with Crippen LogP contribution in [0.5, 0.6) is 0 Å². The summed E-state index contributed by atoms with van der Waals surface area (Å²) in [5, 5.41) is 0. The smallest absolute Gasteiger partial charge is 0.248 e. The van der Waals surface area contributed by atoms with Gasteiger partial charge in [-0.15, -0.1) is 0 Å². The quantitative estimate of drug-likeness (QED) is 0.707. The molecule has 4 nitrogen and oxygen atoms in total. The number of rotatable bonds is 2. The lowest BCUT2D eigenvalue weighted by atomic mass is 9.99. The fourth-order valence-corrected chi connectivity index (χ4v) is 3.54. The molecule has 0 aromatic rings. The summed E-state index contributed by atoms with van der Waals surface area (Å²) in [4.78, 5) is 15.8. The molecule has 1 atom stereocenters. The molecule has 106 valence electrons. The molecular weight excluding hydrogens is 240 g/mol. The first kappa shape index (κ1) is 13.1. The fraction of sp³-hybridized carbons (Fsp3) is 0.800. The van der Waals surface area contributed by atoms with Gasteiger partial charge in [0.15, 0.2) is 0 Å². The Morgan fingerprint density at radius 1 is 1.37 bits per heavy atom. The second-order valence-corrected chi connectivity index (χ2v) is 6.29. The van der Waals surface area contributed by atoms with Crippen LogP contribution in [-0.4, -0.2) is 61.1 Å². The van der Waals surface area contributed by atoms with E-state index in [2.05, 4.69) is 11.0 Å². The first-order chi connectivity index (χ1) is 9.17. The number of carbonyl (C=O) groups is 1. The van der Waals surface area contributed by atoms with E-state index in [9.17, 15) is 4.79 Å². The number of morpholine rings is 1. The van der Waals surface area contributed by atoms with Crippen molar-refractivity contribution in [2.24, 2.45) is 0 Å². The minimum atomic E-state index is -0.0993. The zero-order valence-corrected chi connectivity index (χ0v) is 11.9. The number of nitrogens with zero attached hydrogens (tertiary/aromatic N) is 2. The summed E-state index contributed by atoms with van der Waals surface area (Å²) in [6.45, 7) is 4.18. The molecule has 19 heavy (non-hydrogen) atoms. The van der Waals surface area contributed by atoms with Gasteiger partial charge in [-0.25, -0.2) is 0 Å². The minimum Gasteiger partial charge on any atom is -0.362 e. The van der Waals surface area contributed by atoms with Crippen molar-refractivity contribution in [1.29, 1.82) is 0 Å². The van der Waals surface area contributed by atoms with E-state index in [1.54, 1.807) is 5.57 Å².